The third-order valence-electron chi connectivity index (χ3n) is 1.95. The van der Waals surface area contributed by atoms with E-state index in [-0.39, 0.29) is 5.91 Å². The van der Waals surface area contributed by atoms with Crippen LogP contribution < -0.4 is 5.32 Å². The van der Waals surface area contributed by atoms with Crippen LogP contribution in [0, 0.1) is 0 Å². The summed E-state index contributed by atoms with van der Waals surface area (Å²) in [5.74, 6) is 1.12. The van der Waals surface area contributed by atoms with Gasteiger partial charge in [-0.3, -0.25) is 4.79 Å². The van der Waals surface area contributed by atoms with E-state index in [2.05, 4.69) is 32.5 Å². The lowest BCUT2D eigenvalue weighted by Gasteiger charge is -2.02. The third-order valence-corrected chi connectivity index (χ3v) is 3.11. The number of carbonyl (C=O) groups is 1. The Hall–Kier alpha value is -0.420. The average molecular weight is 291 g/mol. The highest BCUT2D eigenvalue weighted by Crippen LogP contribution is 2.10. The predicted molar refractivity (Wildman–Crippen MR) is 68.4 cm³/mol. The normalized spacial score (nSPS) is 10.3. The second-order valence-corrected chi connectivity index (χ2v) is 5.09. The number of aromatic nitrogens is 1. The van der Waals surface area contributed by atoms with Gasteiger partial charge in [-0.25, -0.2) is 0 Å². The number of unbranched alkanes of at least 4 members (excludes halogenated alkanes) is 1. The molecule has 0 aromatic carbocycles. The van der Waals surface area contributed by atoms with Crippen LogP contribution in [0.25, 0.3) is 0 Å². The van der Waals surface area contributed by atoms with Gasteiger partial charge in [-0.2, -0.15) is 11.8 Å². The maximum absolute atomic E-state index is 11.5. The molecule has 84 valence electrons. The van der Waals surface area contributed by atoms with Gasteiger partial charge in [0.1, 0.15) is 5.69 Å². The molecule has 1 aromatic heterocycles. The van der Waals surface area contributed by atoms with E-state index in [1.54, 1.807) is 12.3 Å². The first kappa shape index (κ1) is 12.6. The van der Waals surface area contributed by atoms with E-state index >= 15 is 0 Å². The fourth-order valence-electron chi connectivity index (χ4n) is 1.17. The molecule has 0 spiro atoms. The fourth-order valence-corrected chi connectivity index (χ4v) is 2.00. The van der Waals surface area contributed by atoms with Crippen molar-refractivity contribution in [1.82, 2.24) is 10.3 Å². The van der Waals surface area contributed by atoms with Crippen LogP contribution in [0.2, 0.25) is 0 Å². The van der Waals surface area contributed by atoms with Crippen LogP contribution in [0.5, 0.6) is 0 Å². The topological polar surface area (TPSA) is 44.9 Å². The van der Waals surface area contributed by atoms with Crippen LogP contribution in [-0.4, -0.2) is 29.4 Å². The molecule has 0 radical (unpaired) electrons. The van der Waals surface area contributed by atoms with Crippen LogP contribution in [0.1, 0.15) is 23.3 Å². The minimum Gasteiger partial charge on any atom is -0.356 e. The van der Waals surface area contributed by atoms with Gasteiger partial charge in [0.25, 0.3) is 5.91 Å². The molecule has 1 heterocycles. The summed E-state index contributed by atoms with van der Waals surface area (Å²) >= 11 is 5.12. The number of aromatic amines is 1. The quantitative estimate of drug-likeness (QED) is 0.791. The lowest BCUT2D eigenvalue weighted by molar-refractivity contribution is 0.0949. The van der Waals surface area contributed by atoms with E-state index in [0.29, 0.717) is 5.69 Å². The second kappa shape index (κ2) is 6.95. The Morgan fingerprint density at radius 1 is 1.60 bits per heavy atom. The van der Waals surface area contributed by atoms with Gasteiger partial charge in [0.2, 0.25) is 0 Å². The average Bonchev–Trinajstić information content (AvgIpc) is 2.64. The molecular weight excluding hydrogens is 276 g/mol. The van der Waals surface area contributed by atoms with Gasteiger partial charge < -0.3 is 10.3 Å². The summed E-state index contributed by atoms with van der Waals surface area (Å²) in [6, 6.07) is 1.78. The maximum atomic E-state index is 11.5. The SMILES string of the molecule is CSCCCCNC(=O)c1cc(Br)c[nH]1. The van der Waals surface area contributed by atoms with Crippen molar-refractivity contribution in [3.8, 4) is 0 Å². The molecule has 0 saturated carbocycles. The predicted octanol–water partition coefficient (Wildman–Crippen LogP) is 2.65. The Morgan fingerprint density at radius 3 is 3.00 bits per heavy atom. The highest BCUT2D eigenvalue weighted by atomic mass is 79.9. The van der Waals surface area contributed by atoms with Gasteiger partial charge >= 0.3 is 0 Å². The number of rotatable bonds is 6. The summed E-state index contributed by atoms with van der Waals surface area (Å²) in [5.41, 5.74) is 0.603. The molecule has 0 fully saturated rings. The molecule has 15 heavy (non-hydrogen) atoms. The van der Waals surface area contributed by atoms with Gasteiger partial charge in [-0.15, -0.1) is 0 Å². The van der Waals surface area contributed by atoms with Gasteiger partial charge in [0, 0.05) is 17.2 Å². The van der Waals surface area contributed by atoms with Crippen LogP contribution in [-0.2, 0) is 0 Å². The largest absolute Gasteiger partial charge is 0.356 e. The first-order chi connectivity index (χ1) is 7.24. The highest BCUT2D eigenvalue weighted by Gasteiger charge is 2.05. The lowest BCUT2D eigenvalue weighted by Crippen LogP contribution is -2.24. The van der Waals surface area contributed by atoms with Gasteiger partial charge in [-0.05, 0) is 46.8 Å². The molecule has 0 aliphatic heterocycles. The second-order valence-electron chi connectivity index (χ2n) is 3.19. The molecule has 1 rings (SSSR count). The van der Waals surface area contributed by atoms with E-state index in [1.807, 2.05) is 11.8 Å². The monoisotopic (exact) mass is 290 g/mol. The van der Waals surface area contributed by atoms with Crippen molar-refractivity contribution in [2.24, 2.45) is 0 Å². The number of amides is 1. The van der Waals surface area contributed by atoms with Crippen molar-refractivity contribution in [3.63, 3.8) is 0 Å². The Kier molecular flexibility index (Phi) is 5.86. The van der Waals surface area contributed by atoms with Crippen LogP contribution >= 0.6 is 27.7 Å². The molecule has 0 saturated heterocycles. The van der Waals surface area contributed by atoms with Gasteiger partial charge in [0.05, 0.1) is 0 Å². The molecule has 0 atom stereocenters. The molecule has 3 nitrogen and oxygen atoms in total. The van der Waals surface area contributed by atoms with Crippen molar-refractivity contribution >= 4 is 33.6 Å². The van der Waals surface area contributed by atoms with E-state index in [9.17, 15) is 4.79 Å². The Balaban J connectivity index is 2.19. The minimum atomic E-state index is -0.0372. The molecule has 0 aliphatic rings. The number of halogens is 1. The van der Waals surface area contributed by atoms with Crippen molar-refractivity contribution in [2.75, 3.05) is 18.6 Å². The molecular formula is C10H15BrN2OS. The molecule has 0 aliphatic carbocycles. The molecule has 1 aromatic rings. The van der Waals surface area contributed by atoms with Crippen LogP contribution in [0.15, 0.2) is 16.7 Å². The molecule has 2 N–H and O–H groups in total. The van der Waals surface area contributed by atoms with Gasteiger partial charge in [-0.1, -0.05) is 0 Å². The van der Waals surface area contributed by atoms with Crippen LogP contribution in [0.4, 0.5) is 0 Å². The van der Waals surface area contributed by atoms with Crippen LogP contribution in [0.3, 0.4) is 0 Å². The first-order valence-electron chi connectivity index (χ1n) is 4.85. The zero-order valence-corrected chi connectivity index (χ0v) is 11.1. The summed E-state index contributed by atoms with van der Waals surface area (Å²) in [7, 11) is 0. The number of thioether (sulfide) groups is 1. The van der Waals surface area contributed by atoms with E-state index in [4.69, 9.17) is 0 Å². The summed E-state index contributed by atoms with van der Waals surface area (Å²) < 4.78 is 0.898. The molecule has 0 unspecified atom stereocenters. The fraction of sp³-hybridized carbons (Fsp3) is 0.500. The molecule has 1 amide bonds. The summed E-state index contributed by atoms with van der Waals surface area (Å²) in [5, 5.41) is 2.87. The number of nitrogens with one attached hydrogen (secondary N) is 2. The van der Waals surface area contributed by atoms with Gasteiger partial charge in [0.15, 0.2) is 0 Å². The van der Waals surface area contributed by atoms with E-state index < -0.39 is 0 Å². The zero-order valence-electron chi connectivity index (χ0n) is 8.68. The Morgan fingerprint density at radius 2 is 2.40 bits per heavy atom. The molecule has 0 bridgehead atoms. The number of H-pyrrole nitrogens is 1. The number of hydrogen-bond donors (Lipinski definition) is 2. The van der Waals surface area contributed by atoms with Crippen molar-refractivity contribution in [2.45, 2.75) is 12.8 Å². The Bertz CT molecular complexity index is 314. The summed E-state index contributed by atoms with van der Waals surface area (Å²) in [4.78, 5) is 14.4. The standard InChI is InChI=1S/C10H15BrN2OS/c1-15-5-3-2-4-12-10(14)9-6-8(11)7-13-9/h6-7,13H,2-5H2,1H3,(H,12,14). The van der Waals surface area contributed by atoms with Crippen molar-refractivity contribution in [3.05, 3.63) is 22.4 Å². The third kappa shape index (κ3) is 4.75. The Labute approximate surface area is 103 Å². The maximum Gasteiger partial charge on any atom is 0.267 e. The van der Waals surface area contributed by atoms with Crippen molar-refractivity contribution in [1.29, 1.82) is 0 Å². The highest BCUT2D eigenvalue weighted by molar-refractivity contribution is 9.10. The first-order valence-corrected chi connectivity index (χ1v) is 7.04. The summed E-state index contributed by atoms with van der Waals surface area (Å²) in [6.07, 6.45) is 6.03. The smallest absolute Gasteiger partial charge is 0.267 e. The summed E-state index contributed by atoms with van der Waals surface area (Å²) in [6.45, 7) is 0.746. The molecule has 5 heteroatoms. The lowest BCUT2D eigenvalue weighted by atomic mass is 10.3. The minimum absolute atomic E-state index is 0.0372. The van der Waals surface area contributed by atoms with E-state index in [1.165, 1.54) is 0 Å². The number of hydrogen-bond acceptors (Lipinski definition) is 2. The van der Waals surface area contributed by atoms with E-state index in [0.717, 1.165) is 29.6 Å². The zero-order chi connectivity index (χ0) is 11.1. The number of carbonyl (C=O) groups excluding carboxylic acids is 1. The van der Waals surface area contributed by atoms with Crippen molar-refractivity contribution < 1.29 is 4.79 Å².